The molecule has 0 aromatic carbocycles. The first-order valence-electron chi connectivity index (χ1n) is 5.51. The SMILES string of the molecule is BrC1CCCCCC1Cc1ccsc1. The third-order valence-electron chi connectivity index (χ3n) is 3.14. The first-order chi connectivity index (χ1) is 6.86. The van der Waals surface area contributed by atoms with Crippen molar-refractivity contribution in [3.63, 3.8) is 0 Å². The van der Waals surface area contributed by atoms with Crippen LogP contribution in [0.5, 0.6) is 0 Å². The van der Waals surface area contributed by atoms with E-state index in [1.165, 1.54) is 44.1 Å². The Morgan fingerprint density at radius 2 is 2.14 bits per heavy atom. The summed E-state index contributed by atoms with van der Waals surface area (Å²) in [6, 6.07) is 2.27. The number of halogens is 1. The van der Waals surface area contributed by atoms with Crippen LogP contribution in [0.1, 0.15) is 37.7 Å². The van der Waals surface area contributed by atoms with Crippen molar-refractivity contribution >= 4 is 27.3 Å². The molecule has 0 amide bonds. The average Bonchev–Trinajstić information content (AvgIpc) is 2.60. The lowest BCUT2D eigenvalue weighted by Crippen LogP contribution is -2.15. The topological polar surface area (TPSA) is 0 Å². The van der Waals surface area contributed by atoms with Gasteiger partial charge in [-0.1, -0.05) is 35.2 Å². The summed E-state index contributed by atoms with van der Waals surface area (Å²) in [6.45, 7) is 0. The number of hydrogen-bond acceptors (Lipinski definition) is 1. The lowest BCUT2D eigenvalue weighted by Gasteiger charge is -2.19. The van der Waals surface area contributed by atoms with E-state index in [-0.39, 0.29) is 0 Å². The first-order valence-corrected chi connectivity index (χ1v) is 7.37. The summed E-state index contributed by atoms with van der Waals surface area (Å²) in [5.41, 5.74) is 1.53. The predicted octanol–water partition coefficient (Wildman–Crippen LogP) is 4.63. The van der Waals surface area contributed by atoms with Crippen LogP contribution in [0.2, 0.25) is 0 Å². The summed E-state index contributed by atoms with van der Waals surface area (Å²) >= 11 is 5.67. The molecule has 1 saturated carbocycles. The summed E-state index contributed by atoms with van der Waals surface area (Å²) in [5.74, 6) is 0.868. The van der Waals surface area contributed by atoms with Gasteiger partial charge in [-0.2, -0.15) is 11.3 Å². The fourth-order valence-electron chi connectivity index (χ4n) is 2.28. The molecule has 1 aliphatic rings. The van der Waals surface area contributed by atoms with Gasteiger partial charge in [0.2, 0.25) is 0 Å². The zero-order valence-corrected chi connectivity index (χ0v) is 10.8. The summed E-state index contributed by atoms with van der Waals surface area (Å²) in [6.07, 6.45) is 8.33. The van der Waals surface area contributed by atoms with E-state index in [1.54, 1.807) is 0 Å². The molecule has 78 valence electrons. The monoisotopic (exact) mass is 272 g/mol. The molecule has 1 fully saturated rings. The van der Waals surface area contributed by atoms with E-state index in [0.717, 1.165) is 10.7 Å². The van der Waals surface area contributed by atoms with E-state index < -0.39 is 0 Å². The summed E-state index contributed by atoms with van der Waals surface area (Å²) in [5, 5.41) is 4.49. The van der Waals surface area contributed by atoms with E-state index in [4.69, 9.17) is 0 Å². The second-order valence-corrected chi connectivity index (χ2v) is 6.21. The maximum Gasteiger partial charge on any atom is 0.0177 e. The van der Waals surface area contributed by atoms with Gasteiger partial charge in [-0.05, 0) is 47.6 Å². The molecule has 0 bridgehead atoms. The Balaban J connectivity index is 1.94. The fraction of sp³-hybridized carbons (Fsp3) is 0.667. The molecule has 0 N–H and O–H groups in total. The van der Waals surface area contributed by atoms with Crippen molar-refractivity contribution in [1.29, 1.82) is 0 Å². The molecule has 2 rings (SSSR count). The minimum Gasteiger partial charge on any atom is -0.152 e. The minimum absolute atomic E-state index is 0.755. The van der Waals surface area contributed by atoms with Gasteiger partial charge in [0.15, 0.2) is 0 Å². The van der Waals surface area contributed by atoms with Gasteiger partial charge < -0.3 is 0 Å². The maximum absolute atomic E-state index is 3.85. The molecule has 2 atom stereocenters. The van der Waals surface area contributed by atoms with Crippen LogP contribution in [-0.4, -0.2) is 4.83 Å². The van der Waals surface area contributed by atoms with Crippen LogP contribution < -0.4 is 0 Å². The standard InChI is InChI=1S/C12H17BrS/c13-12-5-3-1-2-4-11(12)8-10-6-7-14-9-10/h6-7,9,11-12H,1-5,8H2. The van der Waals surface area contributed by atoms with E-state index in [1.807, 2.05) is 11.3 Å². The molecule has 0 saturated heterocycles. The molecule has 1 aliphatic carbocycles. The second-order valence-electron chi connectivity index (χ2n) is 4.25. The average molecular weight is 273 g/mol. The van der Waals surface area contributed by atoms with Crippen molar-refractivity contribution in [2.24, 2.45) is 5.92 Å². The third-order valence-corrected chi connectivity index (χ3v) is 5.08. The lowest BCUT2D eigenvalue weighted by molar-refractivity contribution is 0.476. The van der Waals surface area contributed by atoms with Crippen molar-refractivity contribution in [3.8, 4) is 0 Å². The van der Waals surface area contributed by atoms with Gasteiger partial charge in [0.25, 0.3) is 0 Å². The van der Waals surface area contributed by atoms with Crippen LogP contribution in [0.4, 0.5) is 0 Å². The second kappa shape index (κ2) is 5.32. The highest BCUT2D eigenvalue weighted by atomic mass is 79.9. The molecule has 0 nitrogen and oxygen atoms in total. The van der Waals surface area contributed by atoms with Crippen LogP contribution >= 0.6 is 27.3 Å². The molecule has 2 unspecified atom stereocenters. The highest BCUT2D eigenvalue weighted by Gasteiger charge is 2.21. The van der Waals surface area contributed by atoms with E-state index in [0.29, 0.717) is 0 Å². The summed E-state index contributed by atoms with van der Waals surface area (Å²) < 4.78 is 0. The molecule has 0 aliphatic heterocycles. The minimum atomic E-state index is 0.755. The molecular weight excluding hydrogens is 256 g/mol. The lowest BCUT2D eigenvalue weighted by atomic mass is 9.94. The van der Waals surface area contributed by atoms with Crippen LogP contribution in [0.25, 0.3) is 0 Å². The van der Waals surface area contributed by atoms with Gasteiger partial charge >= 0.3 is 0 Å². The Labute approximate surface area is 98.9 Å². The van der Waals surface area contributed by atoms with Gasteiger partial charge in [0.05, 0.1) is 0 Å². The number of rotatable bonds is 2. The molecule has 1 aromatic heterocycles. The maximum atomic E-state index is 3.85. The Hall–Kier alpha value is 0.180. The zero-order chi connectivity index (χ0) is 9.80. The molecule has 0 radical (unpaired) electrons. The fourth-order valence-corrected chi connectivity index (χ4v) is 3.74. The number of hydrogen-bond donors (Lipinski definition) is 0. The molecule has 1 aromatic rings. The first kappa shape index (κ1) is 10.7. The van der Waals surface area contributed by atoms with Crippen LogP contribution in [-0.2, 0) is 6.42 Å². The van der Waals surface area contributed by atoms with Crippen molar-refractivity contribution in [3.05, 3.63) is 22.4 Å². The third kappa shape index (κ3) is 2.83. The molecule has 2 heteroatoms. The number of alkyl halides is 1. The number of thiophene rings is 1. The van der Waals surface area contributed by atoms with Gasteiger partial charge in [-0.3, -0.25) is 0 Å². The van der Waals surface area contributed by atoms with E-state index >= 15 is 0 Å². The zero-order valence-electron chi connectivity index (χ0n) is 8.42. The molecule has 14 heavy (non-hydrogen) atoms. The Kier molecular flexibility index (Phi) is 4.06. The van der Waals surface area contributed by atoms with Crippen molar-refractivity contribution < 1.29 is 0 Å². The normalized spacial score (nSPS) is 28.6. The van der Waals surface area contributed by atoms with Gasteiger partial charge in [-0.15, -0.1) is 0 Å². The predicted molar refractivity (Wildman–Crippen MR) is 67.3 cm³/mol. The van der Waals surface area contributed by atoms with E-state index in [9.17, 15) is 0 Å². The Morgan fingerprint density at radius 3 is 2.93 bits per heavy atom. The van der Waals surface area contributed by atoms with E-state index in [2.05, 4.69) is 32.8 Å². The summed E-state index contributed by atoms with van der Waals surface area (Å²) in [7, 11) is 0. The smallest absolute Gasteiger partial charge is 0.0177 e. The largest absolute Gasteiger partial charge is 0.152 e. The van der Waals surface area contributed by atoms with Crippen molar-refractivity contribution in [2.75, 3.05) is 0 Å². The molecule has 1 heterocycles. The van der Waals surface area contributed by atoms with Crippen LogP contribution in [0.15, 0.2) is 16.8 Å². The quantitative estimate of drug-likeness (QED) is 0.544. The highest BCUT2D eigenvalue weighted by Crippen LogP contribution is 2.31. The van der Waals surface area contributed by atoms with Crippen molar-refractivity contribution in [1.82, 2.24) is 0 Å². The molecule has 0 spiro atoms. The van der Waals surface area contributed by atoms with Crippen LogP contribution in [0, 0.1) is 5.92 Å². The Morgan fingerprint density at radius 1 is 1.29 bits per heavy atom. The van der Waals surface area contributed by atoms with Crippen LogP contribution in [0.3, 0.4) is 0 Å². The van der Waals surface area contributed by atoms with Gasteiger partial charge in [-0.25, -0.2) is 0 Å². The Bertz CT molecular complexity index is 255. The highest BCUT2D eigenvalue weighted by molar-refractivity contribution is 9.09. The summed E-state index contributed by atoms with van der Waals surface area (Å²) in [4.78, 5) is 0.755. The van der Waals surface area contributed by atoms with Gasteiger partial charge in [0.1, 0.15) is 0 Å². The van der Waals surface area contributed by atoms with Gasteiger partial charge in [0, 0.05) is 4.83 Å². The molecular formula is C12H17BrS. The van der Waals surface area contributed by atoms with Crippen molar-refractivity contribution in [2.45, 2.75) is 43.4 Å².